The van der Waals surface area contributed by atoms with Crippen LogP contribution < -0.4 is 15.4 Å². The van der Waals surface area contributed by atoms with E-state index in [1.165, 1.54) is 5.56 Å². The first-order valence-electron chi connectivity index (χ1n) is 11.7. The van der Waals surface area contributed by atoms with Crippen LogP contribution in [0.15, 0.2) is 18.3 Å². The second-order valence-corrected chi connectivity index (χ2v) is 9.97. The number of hydrogen-bond acceptors (Lipinski definition) is 8. The van der Waals surface area contributed by atoms with Crippen LogP contribution in [0.1, 0.15) is 51.6 Å². The van der Waals surface area contributed by atoms with E-state index in [1.807, 2.05) is 26.1 Å². The van der Waals surface area contributed by atoms with Gasteiger partial charge in [0.1, 0.15) is 11.2 Å². The van der Waals surface area contributed by atoms with Crippen molar-refractivity contribution in [3.63, 3.8) is 0 Å². The third-order valence-corrected chi connectivity index (χ3v) is 6.20. The van der Waals surface area contributed by atoms with Crippen LogP contribution >= 0.6 is 0 Å². The lowest BCUT2D eigenvalue weighted by molar-refractivity contribution is 0.301. The third-order valence-electron chi connectivity index (χ3n) is 6.20. The summed E-state index contributed by atoms with van der Waals surface area (Å²) in [5.41, 5.74) is 4.89. The van der Waals surface area contributed by atoms with E-state index in [9.17, 15) is 0 Å². The van der Waals surface area contributed by atoms with E-state index in [4.69, 9.17) is 19.7 Å². The van der Waals surface area contributed by atoms with Gasteiger partial charge in [-0.15, -0.1) is 0 Å². The first kappa shape index (κ1) is 23.2. The Bertz CT molecular complexity index is 1160. The molecule has 8 heteroatoms. The number of anilines is 3. The van der Waals surface area contributed by atoms with Gasteiger partial charge in [-0.2, -0.15) is 0 Å². The SMILES string of the molecule is CCOc1nc2c(cc1Nc1ncc3cc(C)nc(N[C@@H](C)C(C)(C)C)c3n1)CN(C)CC2. The minimum atomic E-state index is 0.0835. The van der Waals surface area contributed by atoms with E-state index in [1.54, 1.807) is 0 Å². The molecule has 33 heavy (non-hydrogen) atoms. The summed E-state index contributed by atoms with van der Waals surface area (Å²) < 4.78 is 5.85. The Balaban J connectivity index is 1.71. The summed E-state index contributed by atoms with van der Waals surface area (Å²) >= 11 is 0. The highest BCUT2D eigenvalue weighted by atomic mass is 16.5. The van der Waals surface area contributed by atoms with Gasteiger partial charge in [0, 0.05) is 42.8 Å². The van der Waals surface area contributed by atoms with Crippen molar-refractivity contribution in [2.24, 2.45) is 5.41 Å². The topological polar surface area (TPSA) is 88.1 Å². The molecular weight excluding hydrogens is 414 g/mol. The summed E-state index contributed by atoms with van der Waals surface area (Å²) in [6.07, 6.45) is 2.76. The lowest BCUT2D eigenvalue weighted by Gasteiger charge is -2.29. The van der Waals surface area contributed by atoms with E-state index in [0.717, 1.165) is 53.3 Å². The van der Waals surface area contributed by atoms with Crippen molar-refractivity contribution < 1.29 is 4.74 Å². The molecule has 0 amide bonds. The molecule has 0 bridgehead atoms. The van der Waals surface area contributed by atoms with Crippen molar-refractivity contribution in [3.05, 3.63) is 35.3 Å². The highest BCUT2D eigenvalue weighted by Gasteiger charge is 2.22. The Labute approximate surface area is 196 Å². The summed E-state index contributed by atoms with van der Waals surface area (Å²) in [5, 5.41) is 7.87. The molecule has 0 saturated carbocycles. The molecule has 176 valence electrons. The van der Waals surface area contributed by atoms with Gasteiger partial charge in [-0.3, -0.25) is 0 Å². The maximum Gasteiger partial charge on any atom is 0.238 e. The van der Waals surface area contributed by atoms with Gasteiger partial charge in [-0.1, -0.05) is 20.8 Å². The maximum absolute atomic E-state index is 5.85. The first-order valence-corrected chi connectivity index (χ1v) is 11.7. The van der Waals surface area contributed by atoms with Gasteiger partial charge >= 0.3 is 0 Å². The number of rotatable bonds is 6. The number of ether oxygens (including phenoxy) is 1. The predicted molar refractivity (Wildman–Crippen MR) is 133 cm³/mol. The van der Waals surface area contributed by atoms with Gasteiger partial charge in [-0.05, 0) is 50.9 Å². The average Bonchev–Trinajstić information content (AvgIpc) is 2.74. The Morgan fingerprint density at radius 3 is 2.70 bits per heavy atom. The van der Waals surface area contributed by atoms with Gasteiger partial charge in [0.2, 0.25) is 11.8 Å². The van der Waals surface area contributed by atoms with Crippen LogP contribution in [0.3, 0.4) is 0 Å². The highest BCUT2D eigenvalue weighted by Crippen LogP contribution is 2.31. The van der Waals surface area contributed by atoms with Crippen LogP contribution in [0.2, 0.25) is 0 Å². The molecule has 2 N–H and O–H groups in total. The van der Waals surface area contributed by atoms with Crippen molar-refractivity contribution in [2.45, 2.75) is 60.5 Å². The number of aromatic nitrogens is 4. The number of nitrogens with one attached hydrogen (secondary N) is 2. The van der Waals surface area contributed by atoms with Crippen LogP contribution in [-0.4, -0.2) is 51.1 Å². The number of aryl methyl sites for hydroxylation is 1. The van der Waals surface area contributed by atoms with Crippen LogP contribution in [0, 0.1) is 12.3 Å². The van der Waals surface area contributed by atoms with Gasteiger partial charge in [0.05, 0.1) is 12.3 Å². The smallest absolute Gasteiger partial charge is 0.238 e. The fourth-order valence-electron chi connectivity index (χ4n) is 3.81. The molecule has 4 heterocycles. The highest BCUT2D eigenvalue weighted by molar-refractivity contribution is 5.89. The largest absolute Gasteiger partial charge is 0.476 e. The predicted octanol–water partition coefficient (Wildman–Crippen LogP) is 4.70. The minimum absolute atomic E-state index is 0.0835. The van der Waals surface area contributed by atoms with Crippen molar-refractivity contribution in [2.75, 3.05) is 30.8 Å². The average molecular weight is 450 g/mol. The lowest BCUT2D eigenvalue weighted by Crippen LogP contribution is -2.31. The number of nitrogens with zero attached hydrogens (tertiary/aromatic N) is 5. The van der Waals surface area contributed by atoms with Crippen molar-refractivity contribution in [3.8, 4) is 5.88 Å². The number of likely N-dealkylation sites (N-methyl/N-ethyl adjacent to an activating group) is 1. The monoisotopic (exact) mass is 449 g/mol. The molecule has 1 aliphatic rings. The molecule has 0 saturated heterocycles. The summed E-state index contributed by atoms with van der Waals surface area (Å²) in [6, 6.07) is 4.34. The van der Waals surface area contributed by atoms with Crippen LogP contribution in [0.4, 0.5) is 17.5 Å². The number of hydrogen-bond donors (Lipinski definition) is 2. The molecule has 4 rings (SSSR count). The Morgan fingerprint density at radius 1 is 1.18 bits per heavy atom. The van der Waals surface area contributed by atoms with Crippen molar-refractivity contribution in [1.29, 1.82) is 0 Å². The Kier molecular flexibility index (Phi) is 6.38. The van der Waals surface area contributed by atoms with Gasteiger partial charge in [0.25, 0.3) is 0 Å². The van der Waals surface area contributed by atoms with Crippen LogP contribution in [0.25, 0.3) is 10.9 Å². The molecule has 0 aromatic carbocycles. The van der Waals surface area contributed by atoms with Crippen molar-refractivity contribution in [1.82, 2.24) is 24.8 Å². The van der Waals surface area contributed by atoms with E-state index in [0.29, 0.717) is 18.4 Å². The molecule has 0 aliphatic carbocycles. The minimum Gasteiger partial charge on any atom is -0.476 e. The van der Waals surface area contributed by atoms with Gasteiger partial charge in [-0.25, -0.2) is 19.9 Å². The number of pyridine rings is 2. The van der Waals surface area contributed by atoms with Gasteiger partial charge < -0.3 is 20.3 Å². The van der Waals surface area contributed by atoms with Crippen LogP contribution in [0.5, 0.6) is 5.88 Å². The van der Waals surface area contributed by atoms with E-state index in [-0.39, 0.29) is 11.5 Å². The van der Waals surface area contributed by atoms with E-state index >= 15 is 0 Å². The number of fused-ring (bicyclic) bond motifs is 2. The quantitative estimate of drug-likeness (QED) is 0.560. The second-order valence-electron chi connectivity index (χ2n) is 9.97. The van der Waals surface area contributed by atoms with Crippen molar-refractivity contribution >= 4 is 28.4 Å². The van der Waals surface area contributed by atoms with Crippen LogP contribution in [-0.2, 0) is 13.0 Å². The fourth-order valence-corrected chi connectivity index (χ4v) is 3.81. The second kappa shape index (κ2) is 9.09. The molecule has 0 fully saturated rings. The molecule has 0 radical (unpaired) electrons. The molecule has 3 aromatic rings. The summed E-state index contributed by atoms with van der Waals surface area (Å²) in [5.74, 6) is 1.85. The normalized spacial score (nSPS) is 15.2. The summed E-state index contributed by atoms with van der Waals surface area (Å²) in [6.45, 7) is 15.2. The third kappa shape index (κ3) is 5.16. The molecule has 1 aliphatic heterocycles. The van der Waals surface area contributed by atoms with Gasteiger partial charge in [0.15, 0.2) is 5.82 Å². The van der Waals surface area contributed by atoms with E-state index < -0.39 is 0 Å². The molecule has 1 atom stereocenters. The molecule has 8 nitrogen and oxygen atoms in total. The molecule has 0 unspecified atom stereocenters. The zero-order valence-corrected chi connectivity index (χ0v) is 20.8. The fraction of sp³-hybridized carbons (Fsp3) is 0.520. The first-order chi connectivity index (χ1) is 15.6. The van der Waals surface area contributed by atoms with E-state index in [2.05, 4.69) is 61.3 Å². The lowest BCUT2D eigenvalue weighted by atomic mass is 9.88. The standard InChI is InChI=1S/C25H35N7O/c1-8-33-23-20(12-18-14-32(7)10-9-19(18)29-23)30-24-26-13-17-11-15(2)27-22(21(17)31-24)28-16(3)25(4,5)6/h11-13,16H,8-10,14H2,1-7H3,(H,27,28)(H,26,30,31)/t16-/m0/s1. The zero-order valence-electron chi connectivity index (χ0n) is 20.8. The molecule has 3 aromatic heterocycles. The summed E-state index contributed by atoms with van der Waals surface area (Å²) in [4.78, 5) is 21.2. The Morgan fingerprint density at radius 2 is 1.97 bits per heavy atom. The molecular formula is C25H35N7O. The Hall–Kier alpha value is -3.00. The summed E-state index contributed by atoms with van der Waals surface area (Å²) in [7, 11) is 2.13. The maximum atomic E-state index is 5.85. The zero-order chi connectivity index (χ0) is 23.8. The molecule has 0 spiro atoms.